The van der Waals surface area contributed by atoms with Crippen molar-refractivity contribution in [2.75, 3.05) is 19.7 Å². The van der Waals surface area contributed by atoms with Crippen LogP contribution in [-0.4, -0.2) is 47.3 Å². The van der Waals surface area contributed by atoms with Crippen molar-refractivity contribution < 1.29 is 5.11 Å². The van der Waals surface area contributed by atoms with Crippen LogP contribution >= 0.6 is 0 Å². The first-order chi connectivity index (χ1) is 10.2. The van der Waals surface area contributed by atoms with Crippen LogP contribution in [0.15, 0.2) is 0 Å². The summed E-state index contributed by atoms with van der Waals surface area (Å²) in [5.74, 6) is 0. The third kappa shape index (κ3) is 4.43. The smallest absolute Gasteiger partial charge is 0.0613 e. The Bertz CT molecular complexity index is 297. The van der Waals surface area contributed by atoms with Gasteiger partial charge in [0.05, 0.1) is 6.61 Å². The number of aliphatic hydroxyl groups is 1. The normalized spacial score (nSPS) is 35.6. The molecule has 0 radical (unpaired) electrons. The Hall–Kier alpha value is -0.120. The number of rotatable bonds is 6. The summed E-state index contributed by atoms with van der Waals surface area (Å²) in [4.78, 5) is 2.81. The Morgan fingerprint density at radius 3 is 2.71 bits per heavy atom. The summed E-state index contributed by atoms with van der Waals surface area (Å²) in [6, 6.07) is 1.46. The summed E-state index contributed by atoms with van der Waals surface area (Å²) in [5, 5.41) is 13.7. The first-order valence-electron chi connectivity index (χ1n) is 9.36. The molecular formula is C18H36N2O. The van der Waals surface area contributed by atoms with Crippen LogP contribution in [0.2, 0.25) is 0 Å². The van der Waals surface area contributed by atoms with E-state index in [2.05, 4.69) is 24.1 Å². The molecule has 0 bridgehead atoms. The summed E-state index contributed by atoms with van der Waals surface area (Å²) in [6.07, 6.45) is 12.8. The fraction of sp³-hybridized carbons (Fsp3) is 1.00. The van der Waals surface area contributed by atoms with Gasteiger partial charge in [0.2, 0.25) is 0 Å². The highest BCUT2D eigenvalue weighted by Crippen LogP contribution is 2.34. The molecule has 3 unspecified atom stereocenters. The van der Waals surface area contributed by atoms with Crippen LogP contribution in [0.25, 0.3) is 0 Å². The molecule has 0 aromatic rings. The SMILES string of the molecule is CCCNC1(CO)CCCC(N2CCCCCC2CC)C1. The zero-order valence-corrected chi connectivity index (χ0v) is 14.2. The van der Waals surface area contributed by atoms with Gasteiger partial charge in [0.25, 0.3) is 0 Å². The third-order valence-electron chi connectivity index (χ3n) is 5.73. The molecule has 0 spiro atoms. The molecule has 0 aromatic heterocycles. The third-order valence-corrected chi connectivity index (χ3v) is 5.73. The van der Waals surface area contributed by atoms with Gasteiger partial charge in [-0.3, -0.25) is 4.90 Å². The molecule has 3 nitrogen and oxygen atoms in total. The van der Waals surface area contributed by atoms with E-state index in [9.17, 15) is 5.11 Å². The fourth-order valence-electron chi connectivity index (χ4n) is 4.48. The first kappa shape index (κ1) is 17.2. The van der Waals surface area contributed by atoms with E-state index in [4.69, 9.17) is 0 Å². The molecule has 2 N–H and O–H groups in total. The van der Waals surface area contributed by atoms with E-state index in [1.165, 1.54) is 51.5 Å². The van der Waals surface area contributed by atoms with Gasteiger partial charge in [-0.2, -0.15) is 0 Å². The van der Waals surface area contributed by atoms with E-state index in [1.54, 1.807) is 0 Å². The van der Waals surface area contributed by atoms with Gasteiger partial charge in [0.15, 0.2) is 0 Å². The monoisotopic (exact) mass is 296 g/mol. The number of hydrogen-bond donors (Lipinski definition) is 2. The average Bonchev–Trinajstić information content (AvgIpc) is 2.78. The number of aliphatic hydroxyl groups excluding tert-OH is 1. The van der Waals surface area contributed by atoms with E-state index in [0.29, 0.717) is 12.6 Å². The van der Waals surface area contributed by atoms with Crippen LogP contribution in [-0.2, 0) is 0 Å². The summed E-state index contributed by atoms with van der Waals surface area (Å²) in [6.45, 7) is 7.16. The second-order valence-corrected chi connectivity index (χ2v) is 7.26. The summed E-state index contributed by atoms with van der Waals surface area (Å²) in [5.41, 5.74) is -0.0104. The second kappa shape index (κ2) is 8.50. The maximum Gasteiger partial charge on any atom is 0.0613 e. The van der Waals surface area contributed by atoms with Crippen molar-refractivity contribution in [1.29, 1.82) is 0 Å². The Morgan fingerprint density at radius 1 is 1.14 bits per heavy atom. The van der Waals surface area contributed by atoms with Crippen molar-refractivity contribution in [3.63, 3.8) is 0 Å². The molecule has 2 rings (SSSR count). The van der Waals surface area contributed by atoms with E-state index in [1.807, 2.05) is 0 Å². The van der Waals surface area contributed by atoms with Crippen molar-refractivity contribution in [3.8, 4) is 0 Å². The van der Waals surface area contributed by atoms with Gasteiger partial charge in [0.1, 0.15) is 0 Å². The molecule has 1 saturated heterocycles. The van der Waals surface area contributed by atoms with Gasteiger partial charge < -0.3 is 10.4 Å². The van der Waals surface area contributed by atoms with Crippen LogP contribution in [0, 0.1) is 0 Å². The van der Waals surface area contributed by atoms with Gasteiger partial charge in [0, 0.05) is 17.6 Å². The minimum Gasteiger partial charge on any atom is -0.394 e. The first-order valence-corrected chi connectivity index (χ1v) is 9.36. The molecular weight excluding hydrogens is 260 g/mol. The highest BCUT2D eigenvalue weighted by Gasteiger charge is 2.39. The van der Waals surface area contributed by atoms with Crippen molar-refractivity contribution >= 4 is 0 Å². The molecule has 3 heteroatoms. The molecule has 3 atom stereocenters. The lowest BCUT2D eigenvalue weighted by molar-refractivity contribution is 0.0384. The summed E-state index contributed by atoms with van der Waals surface area (Å²) < 4.78 is 0. The van der Waals surface area contributed by atoms with Crippen LogP contribution in [0.1, 0.15) is 78.1 Å². The summed E-state index contributed by atoms with van der Waals surface area (Å²) in [7, 11) is 0. The van der Waals surface area contributed by atoms with Crippen LogP contribution < -0.4 is 5.32 Å². The number of likely N-dealkylation sites (tertiary alicyclic amines) is 1. The number of nitrogens with one attached hydrogen (secondary N) is 1. The van der Waals surface area contributed by atoms with Crippen molar-refractivity contribution in [3.05, 3.63) is 0 Å². The van der Waals surface area contributed by atoms with Gasteiger partial charge in [-0.25, -0.2) is 0 Å². The lowest BCUT2D eigenvalue weighted by atomic mass is 9.78. The molecule has 1 aliphatic carbocycles. The Morgan fingerprint density at radius 2 is 2.00 bits per heavy atom. The molecule has 21 heavy (non-hydrogen) atoms. The molecule has 1 heterocycles. The highest BCUT2D eigenvalue weighted by molar-refractivity contribution is 4.97. The summed E-state index contributed by atoms with van der Waals surface area (Å²) >= 11 is 0. The Balaban J connectivity index is 2.03. The topological polar surface area (TPSA) is 35.5 Å². The van der Waals surface area contributed by atoms with Crippen LogP contribution in [0.5, 0.6) is 0 Å². The maximum atomic E-state index is 9.98. The van der Waals surface area contributed by atoms with Crippen LogP contribution in [0.4, 0.5) is 0 Å². The lowest BCUT2D eigenvalue weighted by Crippen LogP contribution is -2.57. The average molecular weight is 296 g/mol. The standard InChI is InChI=1S/C18H36N2O/c1-3-12-19-18(15-21)11-8-10-17(14-18)20-13-7-5-6-9-16(20)4-2/h16-17,19,21H,3-15H2,1-2H3. The molecule has 0 amide bonds. The highest BCUT2D eigenvalue weighted by atomic mass is 16.3. The quantitative estimate of drug-likeness (QED) is 0.789. The van der Waals surface area contributed by atoms with Crippen molar-refractivity contribution in [1.82, 2.24) is 10.2 Å². The molecule has 124 valence electrons. The van der Waals surface area contributed by atoms with E-state index < -0.39 is 0 Å². The zero-order chi connectivity index (χ0) is 15.1. The number of nitrogens with zero attached hydrogens (tertiary/aromatic N) is 1. The number of hydrogen-bond acceptors (Lipinski definition) is 3. The molecule has 2 aliphatic rings. The van der Waals surface area contributed by atoms with E-state index in [0.717, 1.165) is 31.8 Å². The fourth-order valence-corrected chi connectivity index (χ4v) is 4.48. The molecule has 0 aromatic carbocycles. The molecule has 1 aliphatic heterocycles. The zero-order valence-electron chi connectivity index (χ0n) is 14.2. The van der Waals surface area contributed by atoms with Gasteiger partial charge in [-0.05, 0) is 64.5 Å². The van der Waals surface area contributed by atoms with E-state index in [-0.39, 0.29) is 5.54 Å². The predicted molar refractivity (Wildman–Crippen MR) is 89.6 cm³/mol. The minimum atomic E-state index is -0.0104. The van der Waals surface area contributed by atoms with Gasteiger partial charge >= 0.3 is 0 Å². The lowest BCUT2D eigenvalue weighted by Gasteiger charge is -2.46. The Kier molecular flexibility index (Phi) is 6.97. The molecule has 2 fully saturated rings. The maximum absolute atomic E-state index is 9.98. The van der Waals surface area contributed by atoms with E-state index >= 15 is 0 Å². The Labute approximate surface area is 131 Å². The van der Waals surface area contributed by atoms with Crippen molar-refractivity contribution in [2.45, 2.75) is 95.7 Å². The predicted octanol–water partition coefficient (Wildman–Crippen LogP) is 3.31. The van der Waals surface area contributed by atoms with Crippen LogP contribution in [0.3, 0.4) is 0 Å². The minimum absolute atomic E-state index is 0.0104. The molecule has 1 saturated carbocycles. The van der Waals surface area contributed by atoms with Crippen molar-refractivity contribution in [2.24, 2.45) is 0 Å². The van der Waals surface area contributed by atoms with Gasteiger partial charge in [-0.15, -0.1) is 0 Å². The largest absolute Gasteiger partial charge is 0.394 e. The second-order valence-electron chi connectivity index (χ2n) is 7.26. The van der Waals surface area contributed by atoms with Gasteiger partial charge in [-0.1, -0.05) is 26.7 Å².